The minimum absolute atomic E-state index is 0.282. The number of rotatable bonds is 3. The lowest BCUT2D eigenvalue weighted by Crippen LogP contribution is -2.32. The SMILES string of the molecule is O=[N+]([O-])C(Cl)(CO)c1ccccc1. The molecule has 1 atom stereocenters. The topological polar surface area (TPSA) is 63.4 Å². The van der Waals surface area contributed by atoms with Gasteiger partial charge in [-0.2, -0.15) is 0 Å². The first kappa shape index (κ1) is 9.95. The molecular formula is C8H8ClNO3. The van der Waals surface area contributed by atoms with Crippen LogP contribution in [0.5, 0.6) is 0 Å². The summed E-state index contributed by atoms with van der Waals surface area (Å²) in [5.74, 6) is 0. The number of nitro groups is 1. The van der Waals surface area contributed by atoms with Crippen LogP contribution < -0.4 is 0 Å². The highest BCUT2D eigenvalue weighted by Gasteiger charge is 2.41. The van der Waals surface area contributed by atoms with Crippen LogP contribution >= 0.6 is 11.6 Å². The zero-order chi connectivity index (χ0) is 9.90. The van der Waals surface area contributed by atoms with Gasteiger partial charge >= 0.3 is 5.00 Å². The molecule has 0 radical (unpaired) electrons. The highest BCUT2D eigenvalue weighted by atomic mass is 35.5. The van der Waals surface area contributed by atoms with E-state index in [1.807, 2.05) is 0 Å². The second-order valence-electron chi connectivity index (χ2n) is 2.54. The van der Waals surface area contributed by atoms with Crippen molar-refractivity contribution >= 4 is 11.6 Å². The molecule has 0 spiro atoms. The van der Waals surface area contributed by atoms with E-state index >= 15 is 0 Å². The first-order chi connectivity index (χ1) is 6.11. The Hall–Kier alpha value is -1.13. The van der Waals surface area contributed by atoms with Crippen LogP contribution in [0.2, 0.25) is 0 Å². The summed E-state index contributed by atoms with van der Waals surface area (Å²) in [5.41, 5.74) is 0.282. The molecule has 13 heavy (non-hydrogen) atoms. The van der Waals surface area contributed by atoms with Crippen LogP contribution in [0.3, 0.4) is 0 Å². The summed E-state index contributed by atoms with van der Waals surface area (Å²) in [4.78, 5) is 7.95. The number of hydrogen-bond donors (Lipinski definition) is 1. The van der Waals surface area contributed by atoms with Gasteiger partial charge in [-0.05, 0) is 11.6 Å². The van der Waals surface area contributed by atoms with Gasteiger partial charge in [0.15, 0.2) is 0 Å². The van der Waals surface area contributed by atoms with E-state index in [-0.39, 0.29) is 5.56 Å². The maximum absolute atomic E-state index is 10.6. The molecule has 0 aliphatic carbocycles. The van der Waals surface area contributed by atoms with Crippen molar-refractivity contribution in [1.82, 2.24) is 0 Å². The van der Waals surface area contributed by atoms with Gasteiger partial charge in [-0.25, -0.2) is 0 Å². The second kappa shape index (κ2) is 3.72. The Bertz CT molecular complexity index is 304. The smallest absolute Gasteiger partial charge is 0.342 e. The highest BCUT2D eigenvalue weighted by molar-refractivity contribution is 6.22. The molecule has 0 aliphatic heterocycles. The highest BCUT2D eigenvalue weighted by Crippen LogP contribution is 2.28. The lowest BCUT2D eigenvalue weighted by Gasteiger charge is -2.15. The van der Waals surface area contributed by atoms with Gasteiger partial charge in [-0.15, -0.1) is 0 Å². The van der Waals surface area contributed by atoms with E-state index in [9.17, 15) is 10.1 Å². The molecule has 1 N–H and O–H groups in total. The summed E-state index contributed by atoms with van der Waals surface area (Å²) >= 11 is 5.63. The van der Waals surface area contributed by atoms with Crippen molar-refractivity contribution in [2.45, 2.75) is 5.00 Å². The second-order valence-corrected chi connectivity index (χ2v) is 3.17. The summed E-state index contributed by atoms with van der Waals surface area (Å²) < 4.78 is 0. The lowest BCUT2D eigenvalue weighted by atomic mass is 10.1. The third kappa shape index (κ3) is 1.79. The largest absolute Gasteiger partial charge is 0.387 e. The molecule has 5 heteroatoms. The molecule has 0 aromatic heterocycles. The molecule has 1 aromatic rings. The summed E-state index contributed by atoms with van der Waals surface area (Å²) in [5, 5.41) is 19.4. The van der Waals surface area contributed by atoms with Gasteiger partial charge in [-0.3, -0.25) is 10.1 Å². The van der Waals surface area contributed by atoms with Gasteiger partial charge in [0.2, 0.25) is 0 Å². The Balaban J connectivity index is 3.11. The van der Waals surface area contributed by atoms with Crippen LogP contribution in [0, 0.1) is 10.1 Å². The first-order valence-corrected chi connectivity index (χ1v) is 3.99. The predicted octanol–water partition coefficient (Wildman–Crippen LogP) is 1.35. The van der Waals surface area contributed by atoms with Crippen molar-refractivity contribution < 1.29 is 10.0 Å². The van der Waals surface area contributed by atoms with Gasteiger partial charge in [0.05, 0.1) is 4.92 Å². The maximum atomic E-state index is 10.6. The number of halogens is 1. The Morgan fingerprint density at radius 2 is 2.00 bits per heavy atom. The van der Waals surface area contributed by atoms with Crippen molar-refractivity contribution in [1.29, 1.82) is 0 Å². The summed E-state index contributed by atoms with van der Waals surface area (Å²) in [6.07, 6.45) is 0. The quantitative estimate of drug-likeness (QED) is 0.348. The van der Waals surface area contributed by atoms with Crippen molar-refractivity contribution in [3.05, 3.63) is 46.0 Å². The Kier molecular flexibility index (Phi) is 2.85. The Labute approximate surface area is 79.9 Å². The Morgan fingerprint density at radius 1 is 1.46 bits per heavy atom. The standard InChI is InChI=1S/C8H8ClNO3/c9-8(6-11,10(12)13)7-4-2-1-3-5-7/h1-5,11H,6H2. The minimum atomic E-state index is -1.92. The predicted molar refractivity (Wildman–Crippen MR) is 48.1 cm³/mol. The van der Waals surface area contributed by atoms with Crippen LogP contribution in [0.15, 0.2) is 30.3 Å². The van der Waals surface area contributed by atoms with Crippen molar-refractivity contribution in [2.24, 2.45) is 0 Å². The number of alkyl halides is 1. The molecule has 4 nitrogen and oxygen atoms in total. The van der Waals surface area contributed by atoms with E-state index in [2.05, 4.69) is 0 Å². The summed E-state index contributed by atoms with van der Waals surface area (Å²) in [7, 11) is 0. The molecule has 0 amide bonds. The fourth-order valence-electron chi connectivity index (χ4n) is 0.948. The zero-order valence-electron chi connectivity index (χ0n) is 6.68. The molecule has 0 fully saturated rings. The summed E-state index contributed by atoms with van der Waals surface area (Å²) in [6, 6.07) is 7.99. The van der Waals surface area contributed by atoms with Crippen molar-refractivity contribution in [3.63, 3.8) is 0 Å². The monoisotopic (exact) mass is 201 g/mol. The lowest BCUT2D eigenvalue weighted by molar-refractivity contribution is -0.553. The first-order valence-electron chi connectivity index (χ1n) is 3.61. The number of aliphatic hydroxyl groups is 1. The van der Waals surface area contributed by atoms with Crippen molar-refractivity contribution in [2.75, 3.05) is 6.61 Å². The number of aliphatic hydroxyl groups excluding tert-OH is 1. The van der Waals surface area contributed by atoms with Gasteiger partial charge < -0.3 is 5.11 Å². The number of benzene rings is 1. The third-order valence-corrected chi connectivity index (χ3v) is 2.19. The van der Waals surface area contributed by atoms with Gasteiger partial charge in [-0.1, -0.05) is 30.3 Å². The normalized spacial score (nSPS) is 14.9. The van der Waals surface area contributed by atoms with Crippen LogP contribution in [0.4, 0.5) is 0 Å². The van der Waals surface area contributed by atoms with Crippen molar-refractivity contribution in [3.8, 4) is 0 Å². The molecule has 0 saturated heterocycles. The fraction of sp³-hybridized carbons (Fsp3) is 0.250. The minimum Gasteiger partial charge on any atom is -0.387 e. The molecule has 0 bridgehead atoms. The number of nitrogens with zero attached hydrogens (tertiary/aromatic N) is 1. The van der Waals surface area contributed by atoms with E-state index < -0.39 is 16.5 Å². The average molecular weight is 202 g/mol. The average Bonchev–Trinajstić information content (AvgIpc) is 2.17. The van der Waals surface area contributed by atoms with Gasteiger partial charge in [0, 0.05) is 5.56 Å². The molecular weight excluding hydrogens is 194 g/mol. The Morgan fingerprint density at radius 3 is 2.38 bits per heavy atom. The molecule has 1 rings (SSSR count). The van der Waals surface area contributed by atoms with E-state index in [1.165, 1.54) is 12.1 Å². The zero-order valence-corrected chi connectivity index (χ0v) is 7.44. The molecule has 0 saturated carbocycles. The van der Waals surface area contributed by atoms with E-state index in [0.717, 1.165) is 0 Å². The molecule has 1 aromatic carbocycles. The molecule has 0 aliphatic rings. The van der Waals surface area contributed by atoms with Gasteiger partial charge in [0.25, 0.3) is 0 Å². The van der Waals surface area contributed by atoms with E-state index in [0.29, 0.717) is 0 Å². The van der Waals surface area contributed by atoms with E-state index in [4.69, 9.17) is 16.7 Å². The molecule has 0 heterocycles. The third-order valence-electron chi connectivity index (χ3n) is 1.72. The van der Waals surface area contributed by atoms with Gasteiger partial charge in [0.1, 0.15) is 6.61 Å². The molecule has 70 valence electrons. The fourth-order valence-corrected chi connectivity index (χ4v) is 1.07. The van der Waals surface area contributed by atoms with Crippen LogP contribution in [0.1, 0.15) is 5.56 Å². The maximum Gasteiger partial charge on any atom is 0.342 e. The van der Waals surface area contributed by atoms with Crippen LogP contribution in [-0.4, -0.2) is 16.6 Å². The van der Waals surface area contributed by atoms with Crippen LogP contribution in [0.25, 0.3) is 0 Å². The van der Waals surface area contributed by atoms with E-state index in [1.54, 1.807) is 18.2 Å². The number of hydrogen-bond acceptors (Lipinski definition) is 3. The summed E-state index contributed by atoms with van der Waals surface area (Å²) in [6.45, 7) is -0.731. The van der Waals surface area contributed by atoms with Crippen LogP contribution in [-0.2, 0) is 5.00 Å². The molecule has 1 unspecified atom stereocenters.